The number of carbonyl (C=O) groups is 2. The van der Waals surface area contributed by atoms with Crippen molar-refractivity contribution in [3.05, 3.63) is 89.4 Å². The van der Waals surface area contributed by atoms with Crippen LogP contribution in [0, 0.1) is 0 Å². The zero-order valence-electron chi connectivity index (χ0n) is 18.0. The second kappa shape index (κ2) is 10.6. The summed E-state index contributed by atoms with van der Waals surface area (Å²) in [5, 5.41) is 6.66. The number of aryl methyl sites for hydroxylation is 1. The number of nitrogens with one attached hydrogen (secondary N) is 2. The number of rotatable bonds is 8. The Kier molecular flexibility index (Phi) is 7.42. The van der Waals surface area contributed by atoms with E-state index < -0.39 is 11.8 Å². The van der Waals surface area contributed by atoms with Gasteiger partial charge in [-0.25, -0.2) is 5.43 Å². The Balaban J connectivity index is 1.87. The van der Waals surface area contributed by atoms with Gasteiger partial charge in [-0.2, -0.15) is 5.10 Å². The Morgan fingerprint density at radius 3 is 2.38 bits per heavy atom. The first-order chi connectivity index (χ1) is 15.5. The van der Waals surface area contributed by atoms with E-state index in [9.17, 15) is 9.59 Å². The van der Waals surface area contributed by atoms with Gasteiger partial charge in [0.05, 0.1) is 26.1 Å². The largest absolute Gasteiger partial charge is 0.493 e. The van der Waals surface area contributed by atoms with Crippen molar-refractivity contribution in [3.8, 4) is 11.5 Å². The molecule has 2 N–H and O–H groups in total. The van der Waals surface area contributed by atoms with Gasteiger partial charge in [0, 0.05) is 18.8 Å². The van der Waals surface area contributed by atoms with Crippen molar-refractivity contribution in [3.63, 3.8) is 0 Å². The van der Waals surface area contributed by atoms with E-state index in [1.54, 1.807) is 42.5 Å². The molecule has 0 bridgehead atoms. The average molecular weight is 432 g/mol. The number of benzene rings is 2. The lowest BCUT2D eigenvalue weighted by atomic mass is 10.1. The van der Waals surface area contributed by atoms with Crippen molar-refractivity contribution in [1.82, 2.24) is 15.3 Å². The Labute approximate surface area is 186 Å². The molecule has 1 aromatic heterocycles. The zero-order valence-corrected chi connectivity index (χ0v) is 18.0. The molecule has 2 amide bonds. The van der Waals surface area contributed by atoms with Gasteiger partial charge in [-0.15, -0.1) is 0 Å². The van der Waals surface area contributed by atoms with Crippen LogP contribution < -0.4 is 20.2 Å². The number of methoxy groups -OCH3 is 2. The molecule has 32 heavy (non-hydrogen) atoms. The van der Waals surface area contributed by atoms with Crippen LogP contribution in [0.5, 0.6) is 11.5 Å². The summed E-state index contributed by atoms with van der Waals surface area (Å²) < 4.78 is 12.4. The first-order valence-electron chi connectivity index (χ1n) is 9.76. The summed E-state index contributed by atoms with van der Waals surface area (Å²) in [6, 6.07) is 17.5. The molecule has 0 radical (unpaired) electrons. The molecule has 2 aromatic carbocycles. The summed E-state index contributed by atoms with van der Waals surface area (Å²) in [7, 11) is 4.93. The molecule has 0 aliphatic rings. The van der Waals surface area contributed by atoms with Gasteiger partial charge in [-0.3, -0.25) is 9.59 Å². The van der Waals surface area contributed by atoms with Crippen molar-refractivity contribution in [1.29, 1.82) is 0 Å². The van der Waals surface area contributed by atoms with Crippen molar-refractivity contribution in [2.45, 2.75) is 0 Å². The van der Waals surface area contributed by atoms with Crippen LogP contribution in [0.1, 0.15) is 21.6 Å². The number of nitrogens with zero attached hydrogens (tertiary/aromatic N) is 2. The summed E-state index contributed by atoms with van der Waals surface area (Å²) in [5.74, 6) is 0.0571. The number of ether oxygens (including phenoxy) is 2. The minimum Gasteiger partial charge on any atom is -0.493 e. The predicted octanol–water partition coefficient (Wildman–Crippen LogP) is 2.96. The fourth-order valence-electron chi connectivity index (χ4n) is 2.88. The fourth-order valence-corrected chi connectivity index (χ4v) is 2.88. The summed E-state index contributed by atoms with van der Waals surface area (Å²) in [6.07, 6.45) is 4.92. The number of hydrogen-bond acceptors (Lipinski definition) is 5. The minimum atomic E-state index is -0.575. The van der Waals surface area contributed by atoms with Gasteiger partial charge < -0.3 is 19.4 Å². The zero-order chi connectivity index (χ0) is 22.9. The van der Waals surface area contributed by atoms with E-state index in [4.69, 9.17) is 9.47 Å². The third-order valence-corrected chi connectivity index (χ3v) is 4.59. The molecular formula is C24H24N4O4. The molecule has 3 aromatic rings. The maximum Gasteiger partial charge on any atom is 0.287 e. The van der Waals surface area contributed by atoms with Gasteiger partial charge in [-0.1, -0.05) is 24.3 Å². The van der Waals surface area contributed by atoms with Crippen LogP contribution >= 0.6 is 0 Å². The van der Waals surface area contributed by atoms with Crippen molar-refractivity contribution in [2.75, 3.05) is 14.2 Å². The van der Waals surface area contributed by atoms with Crippen LogP contribution in [-0.4, -0.2) is 36.8 Å². The molecule has 164 valence electrons. The highest BCUT2D eigenvalue weighted by atomic mass is 16.5. The van der Waals surface area contributed by atoms with E-state index in [1.807, 2.05) is 36.0 Å². The first kappa shape index (κ1) is 22.4. The molecular weight excluding hydrogens is 408 g/mol. The fraction of sp³-hybridized carbons (Fsp3) is 0.125. The third-order valence-electron chi connectivity index (χ3n) is 4.59. The minimum absolute atomic E-state index is 0.0232. The predicted molar refractivity (Wildman–Crippen MR) is 123 cm³/mol. The van der Waals surface area contributed by atoms with Gasteiger partial charge in [0.25, 0.3) is 11.8 Å². The van der Waals surface area contributed by atoms with Crippen molar-refractivity contribution >= 4 is 24.1 Å². The molecule has 8 heteroatoms. The van der Waals surface area contributed by atoms with Crippen LogP contribution in [-0.2, 0) is 11.8 Å². The maximum absolute atomic E-state index is 12.8. The molecule has 0 unspecified atom stereocenters. The van der Waals surface area contributed by atoms with Crippen LogP contribution in [0.25, 0.3) is 6.08 Å². The Bertz CT molecular complexity index is 1150. The second-order valence-corrected chi connectivity index (χ2v) is 6.74. The molecule has 3 rings (SSSR count). The van der Waals surface area contributed by atoms with Gasteiger partial charge >= 0.3 is 0 Å². The summed E-state index contributed by atoms with van der Waals surface area (Å²) >= 11 is 0. The van der Waals surface area contributed by atoms with E-state index in [0.717, 1.165) is 5.69 Å². The van der Waals surface area contributed by atoms with Crippen molar-refractivity contribution < 1.29 is 19.1 Å². The van der Waals surface area contributed by atoms with Crippen LogP contribution in [0.4, 0.5) is 0 Å². The molecule has 0 saturated heterocycles. The highest BCUT2D eigenvalue weighted by molar-refractivity contribution is 6.05. The second-order valence-electron chi connectivity index (χ2n) is 6.74. The normalized spacial score (nSPS) is 11.3. The molecule has 0 fully saturated rings. The quantitative estimate of drug-likeness (QED) is 0.325. The number of hydrogen-bond donors (Lipinski definition) is 2. The van der Waals surface area contributed by atoms with E-state index in [0.29, 0.717) is 22.6 Å². The number of carbonyl (C=O) groups excluding carboxylic acids is 2. The topological polar surface area (TPSA) is 94.0 Å². The van der Waals surface area contributed by atoms with Crippen LogP contribution in [0.2, 0.25) is 0 Å². The Morgan fingerprint density at radius 1 is 0.969 bits per heavy atom. The summed E-state index contributed by atoms with van der Waals surface area (Å²) in [5.41, 5.74) is 4.34. The molecule has 1 heterocycles. The van der Waals surface area contributed by atoms with Gasteiger partial charge in [0.2, 0.25) is 0 Å². The molecule has 0 aliphatic carbocycles. The maximum atomic E-state index is 12.8. The lowest BCUT2D eigenvalue weighted by Gasteiger charge is -2.11. The standard InChI is InChI=1S/C24H24N4O4/c1-28-13-7-10-19(28)16-25-27-24(30)20(26-23(29)18-8-5-4-6-9-18)14-17-11-12-21(31-2)22(15-17)32-3/h4-16H,1-3H3,(H,26,29)(H,27,30)/b20-14+,25-16-. The average Bonchev–Trinajstić information content (AvgIpc) is 3.23. The Morgan fingerprint density at radius 2 is 1.72 bits per heavy atom. The van der Waals surface area contributed by atoms with Crippen LogP contribution in [0.3, 0.4) is 0 Å². The monoisotopic (exact) mass is 432 g/mol. The summed E-state index contributed by atoms with van der Waals surface area (Å²) in [4.78, 5) is 25.5. The van der Waals surface area contributed by atoms with E-state index in [-0.39, 0.29) is 5.70 Å². The third kappa shape index (κ3) is 5.63. The summed E-state index contributed by atoms with van der Waals surface area (Å²) in [6.45, 7) is 0. The SMILES string of the molecule is COc1ccc(/C=C(/NC(=O)c2ccccc2)C(=O)N/N=C\c2cccn2C)cc1OC. The highest BCUT2D eigenvalue weighted by Gasteiger charge is 2.15. The number of aromatic nitrogens is 1. The Hall–Kier alpha value is -4.33. The van der Waals surface area contributed by atoms with Crippen molar-refractivity contribution in [2.24, 2.45) is 12.1 Å². The van der Waals surface area contributed by atoms with Gasteiger partial charge in [-0.05, 0) is 48.0 Å². The molecule has 0 saturated carbocycles. The van der Waals surface area contributed by atoms with E-state index >= 15 is 0 Å². The number of hydrazone groups is 1. The van der Waals surface area contributed by atoms with Crippen LogP contribution in [0.15, 0.2) is 77.7 Å². The van der Waals surface area contributed by atoms with E-state index in [2.05, 4.69) is 15.8 Å². The molecule has 8 nitrogen and oxygen atoms in total. The molecule has 0 spiro atoms. The van der Waals surface area contributed by atoms with E-state index in [1.165, 1.54) is 26.5 Å². The lowest BCUT2D eigenvalue weighted by Crippen LogP contribution is -2.32. The lowest BCUT2D eigenvalue weighted by molar-refractivity contribution is -0.117. The van der Waals surface area contributed by atoms with Gasteiger partial charge in [0.15, 0.2) is 11.5 Å². The molecule has 0 aliphatic heterocycles. The molecule has 0 atom stereocenters. The van der Waals surface area contributed by atoms with Gasteiger partial charge in [0.1, 0.15) is 5.70 Å². The highest BCUT2D eigenvalue weighted by Crippen LogP contribution is 2.28. The smallest absolute Gasteiger partial charge is 0.287 e. The first-order valence-corrected chi connectivity index (χ1v) is 9.76. The number of amides is 2.